The fourth-order valence-corrected chi connectivity index (χ4v) is 6.01. The van der Waals surface area contributed by atoms with Gasteiger partial charge in [-0.05, 0) is 64.8 Å². The molecule has 0 unspecified atom stereocenters. The monoisotopic (exact) mass is 516 g/mol. The van der Waals surface area contributed by atoms with Crippen molar-refractivity contribution >= 4 is 35.1 Å². The molecule has 2 heterocycles. The van der Waals surface area contributed by atoms with E-state index in [1.807, 2.05) is 0 Å². The van der Waals surface area contributed by atoms with E-state index in [2.05, 4.69) is 29.3 Å². The number of ether oxygens (including phenoxy) is 1. The molecule has 0 spiro atoms. The zero-order valence-electron chi connectivity index (χ0n) is 21.1. The van der Waals surface area contributed by atoms with Gasteiger partial charge >= 0.3 is 6.03 Å². The summed E-state index contributed by atoms with van der Waals surface area (Å²) < 4.78 is 20.5. The van der Waals surface area contributed by atoms with E-state index in [0.29, 0.717) is 23.8 Å². The molecule has 10 heteroatoms. The SMILES string of the molecule is COc1ccc(Cl)c(N2Cc3cnc(NC4CCC(N(C)C)CC4)nc3N(C3CCCC3)C2=O)c1F. The average molecular weight is 517 g/mol. The van der Waals surface area contributed by atoms with Crippen LogP contribution in [0.25, 0.3) is 0 Å². The lowest BCUT2D eigenvalue weighted by Gasteiger charge is -2.39. The van der Waals surface area contributed by atoms with Crippen LogP contribution in [0.2, 0.25) is 5.02 Å². The predicted molar refractivity (Wildman–Crippen MR) is 140 cm³/mol. The molecule has 1 N–H and O–H groups in total. The Labute approximate surface area is 216 Å². The smallest absolute Gasteiger partial charge is 0.330 e. The third kappa shape index (κ3) is 4.70. The summed E-state index contributed by atoms with van der Waals surface area (Å²) in [5.41, 5.74) is 0.788. The maximum absolute atomic E-state index is 15.3. The number of carbonyl (C=O) groups excluding carboxylic acids is 1. The van der Waals surface area contributed by atoms with E-state index in [1.165, 1.54) is 18.1 Å². The molecule has 8 nitrogen and oxygen atoms in total. The molecule has 3 aliphatic rings. The van der Waals surface area contributed by atoms with E-state index < -0.39 is 5.82 Å². The first-order valence-corrected chi connectivity index (χ1v) is 13.2. The highest BCUT2D eigenvalue weighted by atomic mass is 35.5. The van der Waals surface area contributed by atoms with Gasteiger partial charge in [0.05, 0.1) is 18.7 Å². The summed E-state index contributed by atoms with van der Waals surface area (Å²) in [5.74, 6) is 0.542. The van der Waals surface area contributed by atoms with Crippen LogP contribution in [0.15, 0.2) is 18.3 Å². The van der Waals surface area contributed by atoms with Crippen molar-refractivity contribution in [3.63, 3.8) is 0 Å². The highest BCUT2D eigenvalue weighted by Crippen LogP contribution is 2.41. The van der Waals surface area contributed by atoms with E-state index in [9.17, 15) is 4.79 Å². The first-order valence-electron chi connectivity index (χ1n) is 12.8. The Morgan fingerprint density at radius 3 is 2.53 bits per heavy atom. The van der Waals surface area contributed by atoms with Gasteiger partial charge in [-0.1, -0.05) is 24.4 Å². The number of rotatable bonds is 6. The van der Waals surface area contributed by atoms with Crippen molar-refractivity contribution in [1.29, 1.82) is 0 Å². The summed E-state index contributed by atoms with van der Waals surface area (Å²) in [6, 6.07) is 3.61. The number of benzene rings is 1. The summed E-state index contributed by atoms with van der Waals surface area (Å²) in [7, 11) is 5.66. The standard InChI is InChI=1S/C26H34ClFN6O2/c1-32(2)18-10-8-17(9-11-18)30-25-29-14-16-15-33(23-20(27)12-13-21(36-3)22(23)28)26(35)34(24(16)31-25)19-6-4-5-7-19/h12-14,17-19H,4-11,15H2,1-3H3,(H,29,30,31). The van der Waals surface area contributed by atoms with Crippen molar-refractivity contribution in [3.8, 4) is 5.75 Å². The normalized spacial score (nSPS) is 22.8. The van der Waals surface area contributed by atoms with E-state index in [-0.39, 0.29) is 35.1 Å². The number of anilines is 3. The molecule has 1 aromatic heterocycles. The van der Waals surface area contributed by atoms with Gasteiger partial charge in [0.2, 0.25) is 5.95 Å². The molecule has 2 aromatic rings. The van der Waals surface area contributed by atoms with Crippen LogP contribution in [0.4, 0.5) is 26.6 Å². The van der Waals surface area contributed by atoms with Gasteiger partial charge in [0.1, 0.15) is 11.5 Å². The van der Waals surface area contributed by atoms with Crippen molar-refractivity contribution in [2.75, 3.05) is 36.3 Å². The fourth-order valence-electron chi connectivity index (χ4n) is 5.76. The van der Waals surface area contributed by atoms with Crippen molar-refractivity contribution in [3.05, 3.63) is 34.7 Å². The number of amides is 2. The van der Waals surface area contributed by atoms with Gasteiger partial charge in [-0.15, -0.1) is 0 Å². The zero-order chi connectivity index (χ0) is 25.4. The van der Waals surface area contributed by atoms with Gasteiger partial charge in [-0.2, -0.15) is 4.98 Å². The van der Waals surface area contributed by atoms with Crippen LogP contribution < -0.4 is 19.9 Å². The molecule has 0 radical (unpaired) electrons. The topological polar surface area (TPSA) is 73.8 Å². The highest BCUT2D eigenvalue weighted by Gasteiger charge is 2.40. The Kier molecular flexibility index (Phi) is 7.21. The van der Waals surface area contributed by atoms with Crippen LogP contribution in [0.5, 0.6) is 5.75 Å². The van der Waals surface area contributed by atoms with Gasteiger partial charge in [0.15, 0.2) is 11.6 Å². The first-order chi connectivity index (χ1) is 17.4. The number of hydrogen-bond donors (Lipinski definition) is 1. The molecule has 2 amide bonds. The number of nitrogens with zero attached hydrogens (tertiary/aromatic N) is 5. The Morgan fingerprint density at radius 1 is 1.14 bits per heavy atom. The van der Waals surface area contributed by atoms with Gasteiger partial charge in [0.25, 0.3) is 0 Å². The van der Waals surface area contributed by atoms with Crippen LogP contribution in [0.3, 0.4) is 0 Å². The lowest BCUT2D eigenvalue weighted by atomic mass is 9.91. The zero-order valence-corrected chi connectivity index (χ0v) is 21.9. The molecular weight excluding hydrogens is 483 g/mol. The van der Waals surface area contributed by atoms with Crippen LogP contribution in [-0.2, 0) is 6.54 Å². The van der Waals surface area contributed by atoms with Crippen molar-refractivity contribution in [1.82, 2.24) is 14.9 Å². The summed E-state index contributed by atoms with van der Waals surface area (Å²) in [6.45, 7) is 0.134. The molecule has 5 rings (SSSR count). The van der Waals surface area contributed by atoms with E-state index in [1.54, 1.807) is 17.2 Å². The second kappa shape index (κ2) is 10.4. The molecule has 0 atom stereocenters. The lowest BCUT2D eigenvalue weighted by Crippen LogP contribution is -2.52. The Morgan fingerprint density at radius 2 is 1.86 bits per heavy atom. The molecular formula is C26H34ClFN6O2. The molecule has 2 fully saturated rings. The number of urea groups is 1. The minimum atomic E-state index is -0.652. The third-order valence-corrected chi connectivity index (χ3v) is 8.11. The molecule has 1 aromatic carbocycles. The van der Waals surface area contributed by atoms with Gasteiger partial charge in [-0.3, -0.25) is 9.80 Å². The molecule has 1 aliphatic heterocycles. The molecule has 194 valence electrons. The molecule has 0 bridgehead atoms. The number of methoxy groups -OCH3 is 1. The van der Waals surface area contributed by atoms with Gasteiger partial charge in [0, 0.05) is 29.9 Å². The van der Waals surface area contributed by atoms with E-state index in [4.69, 9.17) is 21.3 Å². The molecule has 0 saturated heterocycles. The maximum Gasteiger partial charge on any atom is 0.330 e. The number of aromatic nitrogens is 2. The minimum absolute atomic E-state index is 0.00442. The summed E-state index contributed by atoms with van der Waals surface area (Å²) >= 11 is 6.40. The second-order valence-corrected chi connectivity index (χ2v) is 10.7. The lowest BCUT2D eigenvalue weighted by molar-refractivity contribution is 0.221. The number of hydrogen-bond acceptors (Lipinski definition) is 6. The van der Waals surface area contributed by atoms with Crippen molar-refractivity contribution < 1.29 is 13.9 Å². The predicted octanol–water partition coefficient (Wildman–Crippen LogP) is 5.45. The largest absolute Gasteiger partial charge is 0.494 e. The Bertz CT molecular complexity index is 1120. The van der Waals surface area contributed by atoms with E-state index in [0.717, 1.165) is 56.9 Å². The van der Waals surface area contributed by atoms with Crippen LogP contribution in [0, 0.1) is 5.82 Å². The Hall–Kier alpha value is -2.65. The van der Waals surface area contributed by atoms with Crippen LogP contribution in [-0.4, -0.2) is 60.2 Å². The van der Waals surface area contributed by atoms with Gasteiger partial charge < -0.3 is 15.0 Å². The Balaban J connectivity index is 1.45. The molecule has 2 saturated carbocycles. The quantitative estimate of drug-likeness (QED) is 0.550. The van der Waals surface area contributed by atoms with Crippen LogP contribution in [0.1, 0.15) is 56.9 Å². The summed E-state index contributed by atoms with van der Waals surface area (Å²) in [4.78, 5) is 28.7. The van der Waals surface area contributed by atoms with Gasteiger partial charge in [-0.25, -0.2) is 14.2 Å². The summed E-state index contributed by atoms with van der Waals surface area (Å²) in [6.07, 6.45) is 9.97. The fraction of sp³-hybridized carbons (Fsp3) is 0.577. The molecule has 2 aliphatic carbocycles. The molecule has 36 heavy (non-hydrogen) atoms. The number of carbonyl (C=O) groups is 1. The van der Waals surface area contributed by atoms with Crippen molar-refractivity contribution in [2.45, 2.75) is 76.0 Å². The average Bonchev–Trinajstić information content (AvgIpc) is 3.39. The third-order valence-electron chi connectivity index (χ3n) is 7.81. The van der Waals surface area contributed by atoms with Crippen LogP contribution >= 0.6 is 11.6 Å². The maximum atomic E-state index is 15.3. The second-order valence-electron chi connectivity index (χ2n) is 10.2. The summed E-state index contributed by atoms with van der Waals surface area (Å²) in [5, 5.41) is 3.66. The minimum Gasteiger partial charge on any atom is -0.494 e. The first kappa shape index (κ1) is 25.0. The number of fused-ring (bicyclic) bond motifs is 1. The van der Waals surface area contributed by atoms with Crippen molar-refractivity contribution in [2.24, 2.45) is 0 Å². The van der Waals surface area contributed by atoms with E-state index >= 15 is 4.39 Å². The highest BCUT2D eigenvalue weighted by molar-refractivity contribution is 6.34. The number of nitrogens with one attached hydrogen (secondary N) is 1. The number of halogens is 2.